The van der Waals surface area contributed by atoms with E-state index in [0.717, 1.165) is 0 Å². The average Bonchev–Trinajstić information content (AvgIpc) is 2.63. The Kier molecular flexibility index (Phi) is 6.98. The number of hydrogen-bond acceptors (Lipinski definition) is 3. The Morgan fingerprint density at radius 3 is 2.07 bits per heavy atom. The van der Waals surface area contributed by atoms with Gasteiger partial charge >= 0.3 is 0 Å². The van der Waals surface area contributed by atoms with Crippen LogP contribution in [0.1, 0.15) is 0 Å². The first-order chi connectivity index (χ1) is 12.7. The Morgan fingerprint density at radius 1 is 1.00 bits per heavy atom. The number of carbonyl (C=O) groups excluding carboxylic acids is 1. The molecule has 10 heteroatoms. The van der Waals surface area contributed by atoms with Gasteiger partial charge in [-0.15, -0.1) is 0 Å². The fraction of sp³-hybridized carbons (Fsp3) is 0.235. The van der Waals surface area contributed by atoms with Crippen molar-refractivity contribution in [3.63, 3.8) is 0 Å². The van der Waals surface area contributed by atoms with Crippen molar-refractivity contribution in [2.45, 2.75) is 0 Å². The zero-order valence-electron chi connectivity index (χ0n) is 14.0. The van der Waals surface area contributed by atoms with Gasteiger partial charge in [-0.1, -0.05) is 11.6 Å². The minimum absolute atomic E-state index is 0.188. The highest BCUT2D eigenvalue weighted by molar-refractivity contribution is 6.30. The molecule has 4 nitrogen and oxygen atoms in total. The van der Waals surface area contributed by atoms with Gasteiger partial charge in [-0.2, -0.15) is 0 Å². The average molecular weight is 409 g/mol. The maximum absolute atomic E-state index is 13.5. The van der Waals surface area contributed by atoms with Gasteiger partial charge in [0, 0.05) is 11.6 Å². The number of ether oxygens (including phenoxy) is 1. The minimum atomic E-state index is -2.29. The molecule has 0 saturated carbocycles. The summed E-state index contributed by atoms with van der Waals surface area (Å²) in [7, 11) is 1.52. The Labute approximate surface area is 156 Å². The SMILES string of the molecule is CN(CCOc1ccc(Cl)cc1)CC(=O)Nc1c(F)c(F)c(F)c(F)c1F. The topological polar surface area (TPSA) is 41.6 Å². The quantitative estimate of drug-likeness (QED) is 0.428. The van der Waals surface area contributed by atoms with Gasteiger partial charge < -0.3 is 10.1 Å². The highest BCUT2D eigenvalue weighted by Crippen LogP contribution is 2.27. The van der Waals surface area contributed by atoms with E-state index in [0.29, 0.717) is 10.8 Å². The summed E-state index contributed by atoms with van der Waals surface area (Å²) in [4.78, 5) is 13.3. The van der Waals surface area contributed by atoms with Crippen LogP contribution in [0.25, 0.3) is 0 Å². The van der Waals surface area contributed by atoms with E-state index in [1.165, 1.54) is 11.9 Å². The van der Waals surface area contributed by atoms with Crippen LogP contribution in [0.3, 0.4) is 0 Å². The van der Waals surface area contributed by atoms with Gasteiger partial charge in [0.25, 0.3) is 0 Å². The molecule has 0 unspecified atom stereocenters. The van der Waals surface area contributed by atoms with E-state index in [1.807, 2.05) is 0 Å². The van der Waals surface area contributed by atoms with Crippen LogP contribution in [0.4, 0.5) is 27.6 Å². The molecule has 2 aromatic carbocycles. The number of benzene rings is 2. The third-order valence-electron chi connectivity index (χ3n) is 3.44. The van der Waals surface area contributed by atoms with Crippen LogP contribution in [-0.2, 0) is 4.79 Å². The standard InChI is InChI=1S/C17H14ClF5N2O2/c1-25(6-7-27-10-4-2-9(18)3-5-10)8-11(26)24-17-15(22)13(20)12(19)14(21)16(17)23/h2-5H,6-8H2,1H3,(H,24,26). The van der Waals surface area contributed by atoms with Crippen molar-refractivity contribution >= 4 is 23.2 Å². The number of likely N-dealkylation sites (N-methyl/N-ethyl adjacent to an activating group) is 1. The molecule has 0 aliphatic rings. The molecule has 0 aliphatic heterocycles. The summed E-state index contributed by atoms with van der Waals surface area (Å²) >= 11 is 5.74. The van der Waals surface area contributed by atoms with Crippen molar-refractivity contribution in [1.29, 1.82) is 0 Å². The Hall–Kier alpha value is -2.39. The van der Waals surface area contributed by atoms with E-state index < -0.39 is 40.7 Å². The van der Waals surface area contributed by atoms with Gasteiger partial charge in [-0.25, -0.2) is 22.0 Å². The molecule has 0 fully saturated rings. The molecule has 1 N–H and O–H groups in total. The van der Waals surface area contributed by atoms with Crippen LogP contribution < -0.4 is 10.1 Å². The summed E-state index contributed by atoms with van der Waals surface area (Å²) in [6.45, 7) is 0.0879. The highest BCUT2D eigenvalue weighted by atomic mass is 35.5. The fourth-order valence-corrected chi connectivity index (χ4v) is 2.19. The predicted octanol–water partition coefficient (Wildman–Crippen LogP) is 3.98. The summed E-state index contributed by atoms with van der Waals surface area (Å²) in [6, 6.07) is 6.58. The molecule has 0 radical (unpaired) electrons. The Morgan fingerprint density at radius 2 is 1.52 bits per heavy atom. The van der Waals surface area contributed by atoms with E-state index in [4.69, 9.17) is 16.3 Å². The lowest BCUT2D eigenvalue weighted by Crippen LogP contribution is -2.33. The van der Waals surface area contributed by atoms with Gasteiger partial charge in [-0.3, -0.25) is 9.69 Å². The third-order valence-corrected chi connectivity index (χ3v) is 3.70. The molecule has 0 aliphatic carbocycles. The number of anilines is 1. The summed E-state index contributed by atoms with van der Waals surface area (Å²) < 4.78 is 71.7. The first kappa shape index (κ1) is 20.9. The third kappa shape index (κ3) is 5.30. The van der Waals surface area contributed by atoms with Gasteiger partial charge in [-0.05, 0) is 31.3 Å². The number of rotatable bonds is 7. The van der Waals surface area contributed by atoms with Crippen LogP contribution in [0, 0.1) is 29.1 Å². The molecule has 0 bridgehead atoms. The lowest BCUT2D eigenvalue weighted by Gasteiger charge is -2.17. The van der Waals surface area contributed by atoms with Gasteiger partial charge in [0.2, 0.25) is 11.7 Å². The fourth-order valence-electron chi connectivity index (χ4n) is 2.07. The van der Waals surface area contributed by atoms with Gasteiger partial charge in [0.15, 0.2) is 23.3 Å². The van der Waals surface area contributed by atoms with Gasteiger partial charge in [0.1, 0.15) is 18.0 Å². The van der Waals surface area contributed by atoms with E-state index in [-0.39, 0.29) is 19.7 Å². The molecule has 27 heavy (non-hydrogen) atoms. The lowest BCUT2D eigenvalue weighted by molar-refractivity contribution is -0.117. The highest BCUT2D eigenvalue weighted by Gasteiger charge is 2.26. The summed E-state index contributed by atoms with van der Waals surface area (Å²) in [5.74, 6) is -11.2. The van der Waals surface area contributed by atoms with Crippen LogP contribution in [0.15, 0.2) is 24.3 Å². The maximum atomic E-state index is 13.5. The number of nitrogens with one attached hydrogen (secondary N) is 1. The largest absolute Gasteiger partial charge is 0.492 e. The van der Waals surface area contributed by atoms with Crippen molar-refractivity contribution < 1.29 is 31.5 Å². The maximum Gasteiger partial charge on any atom is 0.238 e. The zero-order chi connectivity index (χ0) is 20.1. The van der Waals surface area contributed by atoms with E-state index >= 15 is 0 Å². The second-order valence-corrected chi connectivity index (χ2v) is 5.97. The molecule has 0 aromatic heterocycles. The van der Waals surface area contributed by atoms with Crippen LogP contribution in [0.5, 0.6) is 5.75 Å². The number of nitrogens with zero attached hydrogens (tertiary/aromatic N) is 1. The van der Waals surface area contributed by atoms with Crippen LogP contribution in [-0.4, -0.2) is 37.6 Å². The van der Waals surface area contributed by atoms with E-state index in [9.17, 15) is 26.7 Å². The molecular formula is C17H14ClF5N2O2. The predicted molar refractivity (Wildman–Crippen MR) is 89.3 cm³/mol. The molecule has 0 heterocycles. The normalized spacial score (nSPS) is 11.0. The van der Waals surface area contributed by atoms with Gasteiger partial charge in [0.05, 0.1) is 6.54 Å². The monoisotopic (exact) mass is 408 g/mol. The molecule has 146 valence electrons. The minimum Gasteiger partial charge on any atom is -0.492 e. The molecule has 1 amide bonds. The van der Waals surface area contributed by atoms with Crippen molar-refractivity contribution in [1.82, 2.24) is 4.90 Å². The summed E-state index contributed by atoms with van der Waals surface area (Å²) in [6.07, 6.45) is 0. The van der Waals surface area contributed by atoms with Crippen molar-refractivity contribution in [2.24, 2.45) is 0 Å². The first-order valence-electron chi connectivity index (χ1n) is 7.59. The van der Waals surface area contributed by atoms with E-state index in [1.54, 1.807) is 29.6 Å². The molecule has 0 spiro atoms. The molecule has 2 aromatic rings. The second-order valence-electron chi connectivity index (χ2n) is 5.53. The summed E-state index contributed by atoms with van der Waals surface area (Å²) in [5, 5.41) is 2.25. The zero-order valence-corrected chi connectivity index (χ0v) is 14.7. The van der Waals surface area contributed by atoms with Crippen molar-refractivity contribution in [3.8, 4) is 5.75 Å². The van der Waals surface area contributed by atoms with E-state index in [2.05, 4.69) is 0 Å². The lowest BCUT2D eigenvalue weighted by atomic mass is 10.2. The summed E-state index contributed by atoms with van der Waals surface area (Å²) in [5.41, 5.74) is -1.39. The number of carbonyl (C=O) groups is 1. The molecular weight excluding hydrogens is 395 g/mol. The Bertz CT molecular complexity index is 804. The van der Waals surface area contributed by atoms with Crippen LogP contribution in [0.2, 0.25) is 5.02 Å². The van der Waals surface area contributed by atoms with Crippen LogP contribution >= 0.6 is 11.6 Å². The Balaban J connectivity index is 1.89. The molecule has 2 rings (SSSR count). The first-order valence-corrected chi connectivity index (χ1v) is 7.96. The molecule has 0 saturated heterocycles. The van der Waals surface area contributed by atoms with Crippen molar-refractivity contribution in [2.75, 3.05) is 32.1 Å². The second kappa shape index (κ2) is 9.01. The number of amides is 1. The number of halogens is 6. The van der Waals surface area contributed by atoms with Crippen molar-refractivity contribution in [3.05, 3.63) is 58.4 Å². The number of hydrogen-bond donors (Lipinski definition) is 1. The smallest absolute Gasteiger partial charge is 0.238 e. The molecule has 0 atom stereocenters.